The number of halogens is 6. The molecule has 0 saturated heterocycles. The fraction of sp³-hybridized carbons (Fsp3) is 0.833. The normalized spacial score (nSPS) is 13.5. The van der Waals surface area contributed by atoms with Gasteiger partial charge in [-0.3, -0.25) is 0 Å². The van der Waals surface area contributed by atoms with Gasteiger partial charge in [0.1, 0.15) is 5.78 Å². The average molecular weight is 208 g/mol. The van der Waals surface area contributed by atoms with Gasteiger partial charge >= 0.3 is 12.4 Å². The number of carbonyl (C=O) groups is 1. The quantitative estimate of drug-likeness (QED) is 0.637. The van der Waals surface area contributed by atoms with Crippen molar-refractivity contribution in [2.45, 2.75) is 25.7 Å². The van der Waals surface area contributed by atoms with Crippen LogP contribution in [-0.2, 0) is 4.79 Å². The predicted octanol–water partition coefficient (Wildman–Crippen LogP) is 2.71. The van der Waals surface area contributed by atoms with Crippen molar-refractivity contribution in [1.29, 1.82) is 0 Å². The van der Waals surface area contributed by atoms with Gasteiger partial charge in [0.15, 0.2) is 5.92 Å². The highest BCUT2D eigenvalue weighted by molar-refractivity contribution is 5.75. The zero-order valence-electron chi connectivity index (χ0n) is 6.46. The number of ketones is 1. The summed E-state index contributed by atoms with van der Waals surface area (Å²) in [5.41, 5.74) is 0. The van der Waals surface area contributed by atoms with Crippen molar-refractivity contribution >= 4 is 5.78 Å². The molecule has 0 heterocycles. The van der Waals surface area contributed by atoms with Crippen molar-refractivity contribution in [2.24, 2.45) is 5.92 Å². The molecule has 0 spiro atoms. The molecule has 7 heteroatoms. The third-order valence-electron chi connectivity index (χ3n) is 1.28. The molecule has 0 aliphatic carbocycles. The Morgan fingerprint density at radius 2 is 1.38 bits per heavy atom. The molecule has 13 heavy (non-hydrogen) atoms. The van der Waals surface area contributed by atoms with Gasteiger partial charge in [-0.2, -0.15) is 26.3 Å². The van der Waals surface area contributed by atoms with E-state index in [9.17, 15) is 31.1 Å². The molecule has 0 atom stereocenters. The van der Waals surface area contributed by atoms with Gasteiger partial charge in [0.2, 0.25) is 0 Å². The van der Waals surface area contributed by atoms with Crippen molar-refractivity contribution in [3.63, 3.8) is 0 Å². The number of Topliss-reactive ketones (excluding diaryl/α,β-unsaturated/α-hetero) is 1. The first-order chi connectivity index (χ1) is 5.55. The molecule has 0 unspecified atom stereocenters. The molecule has 0 radical (unpaired) electrons. The number of alkyl halides is 6. The fourth-order valence-electron chi connectivity index (χ4n) is 0.704. The van der Waals surface area contributed by atoms with Crippen LogP contribution in [-0.4, -0.2) is 18.1 Å². The molecule has 0 aliphatic rings. The van der Waals surface area contributed by atoms with E-state index in [2.05, 4.69) is 0 Å². The van der Waals surface area contributed by atoms with E-state index in [1.807, 2.05) is 0 Å². The molecule has 0 aromatic carbocycles. The second kappa shape index (κ2) is 3.55. The SMILES string of the molecule is CC(=O)CC(C(F)(F)F)C(F)(F)F. The summed E-state index contributed by atoms with van der Waals surface area (Å²) in [7, 11) is 0. The largest absolute Gasteiger partial charge is 0.400 e. The second-order valence-electron chi connectivity index (χ2n) is 2.54. The smallest absolute Gasteiger partial charge is 0.300 e. The molecule has 0 N–H and O–H groups in total. The van der Waals surface area contributed by atoms with Crippen LogP contribution in [0, 0.1) is 5.92 Å². The highest BCUT2D eigenvalue weighted by Crippen LogP contribution is 2.41. The Bertz CT molecular complexity index is 176. The summed E-state index contributed by atoms with van der Waals surface area (Å²) in [6.45, 7) is 0.685. The molecular weight excluding hydrogens is 202 g/mol. The van der Waals surface area contributed by atoms with Crippen LogP contribution < -0.4 is 0 Å². The summed E-state index contributed by atoms with van der Waals surface area (Å²) in [5.74, 6) is -4.68. The summed E-state index contributed by atoms with van der Waals surface area (Å²) in [5, 5.41) is 0. The number of rotatable bonds is 2. The van der Waals surface area contributed by atoms with E-state index in [4.69, 9.17) is 0 Å². The molecule has 0 aliphatic heterocycles. The summed E-state index contributed by atoms with van der Waals surface area (Å²) >= 11 is 0. The van der Waals surface area contributed by atoms with Crippen molar-refractivity contribution in [1.82, 2.24) is 0 Å². The Hall–Kier alpha value is -0.750. The maximum Gasteiger partial charge on any atom is 0.400 e. The van der Waals surface area contributed by atoms with E-state index >= 15 is 0 Å². The van der Waals surface area contributed by atoms with E-state index in [-0.39, 0.29) is 0 Å². The Kier molecular flexibility index (Phi) is 3.34. The lowest BCUT2D eigenvalue weighted by atomic mass is 10.0. The lowest BCUT2D eigenvalue weighted by molar-refractivity contribution is -0.283. The van der Waals surface area contributed by atoms with Crippen LogP contribution in [0.5, 0.6) is 0 Å². The predicted molar refractivity (Wildman–Crippen MR) is 30.9 cm³/mol. The topological polar surface area (TPSA) is 17.1 Å². The van der Waals surface area contributed by atoms with Gasteiger partial charge < -0.3 is 4.79 Å². The van der Waals surface area contributed by atoms with Crippen molar-refractivity contribution in [3.05, 3.63) is 0 Å². The first-order valence-electron chi connectivity index (χ1n) is 3.18. The van der Waals surface area contributed by atoms with E-state index in [0.29, 0.717) is 6.92 Å². The molecule has 0 fully saturated rings. The highest BCUT2D eigenvalue weighted by Gasteiger charge is 2.56. The molecule has 78 valence electrons. The first kappa shape index (κ1) is 12.2. The van der Waals surface area contributed by atoms with Crippen LogP contribution in [0.25, 0.3) is 0 Å². The first-order valence-corrected chi connectivity index (χ1v) is 3.18. The van der Waals surface area contributed by atoms with Crippen LogP contribution >= 0.6 is 0 Å². The van der Waals surface area contributed by atoms with Crippen LogP contribution in [0.1, 0.15) is 13.3 Å². The average Bonchev–Trinajstić information content (AvgIpc) is 1.77. The lowest BCUT2D eigenvalue weighted by Crippen LogP contribution is -2.37. The van der Waals surface area contributed by atoms with Crippen LogP contribution in [0.2, 0.25) is 0 Å². The Labute approximate surface area is 69.7 Å². The minimum Gasteiger partial charge on any atom is -0.300 e. The molecule has 0 amide bonds. The minimum absolute atomic E-state index is 0.685. The molecule has 0 aromatic heterocycles. The number of hydrogen-bond donors (Lipinski definition) is 0. The Balaban J connectivity index is 4.68. The van der Waals surface area contributed by atoms with Gasteiger partial charge in [-0.25, -0.2) is 0 Å². The van der Waals surface area contributed by atoms with Gasteiger partial charge in [0.25, 0.3) is 0 Å². The van der Waals surface area contributed by atoms with Crippen molar-refractivity contribution in [2.75, 3.05) is 0 Å². The zero-order valence-corrected chi connectivity index (χ0v) is 6.46. The molecule has 0 saturated carbocycles. The molecule has 0 bridgehead atoms. The van der Waals surface area contributed by atoms with Crippen LogP contribution in [0.4, 0.5) is 26.3 Å². The highest BCUT2D eigenvalue weighted by atomic mass is 19.4. The Morgan fingerprint density at radius 1 is 1.08 bits per heavy atom. The number of hydrogen-bond acceptors (Lipinski definition) is 1. The fourth-order valence-corrected chi connectivity index (χ4v) is 0.704. The van der Waals surface area contributed by atoms with E-state index in [1.54, 1.807) is 0 Å². The van der Waals surface area contributed by atoms with E-state index in [0.717, 1.165) is 0 Å². The van der Waals surface area contributed by atoms with Gasteiger partial charge in [0, 0.05) is 6.42 Å². The summed E-state index contributed by atoms with van der Waals surface area (Å²) < 4.78 is 70.2. The Morgan fingerprint density at radius 3 is 1.46 bits per heavy atom. The van der Waals surface area contributed by atoms with Gasteiger partial charge in [-0.1, -0.05) is 0 Å². The summed E-state index contributed by atoms with van der Waals surface area (Å²) in [4.78, 5) is 10.1. The van der Waals surface area contributed by atoms with Crippen molar-refractivity contribution < 1.29 is 31.1 Å². The zero-order chi connectivity index (χ0) is 10.9. The number of carbonyl (C=O) groups excluding carboxylic acids is 1. The van der Waals surface area contributed by atoms with Gasteiger partial charge in [0.05, 0.1) is 0 Å². The molecule has 0 aromatic rings. The second-order valence-corrected chi connectivity index (χ2v) is 2.54. The van der Waals surface area contributed by atoms with E-state index < -0.39 is 30.5 Å². The summed E-state index contributed by atoms with van der Waals surface area (Å²) in [6.07, 6.45) is -12.4. The van der Waals surface area contributed by atoms with Gasteiger partial charge in [-0.15, -0.1) is 0 Å². The lowest BCUT2D eigenvalue weighted by Gasteiger charge is -2.21. The molecule has 1 nitrogen and oxygen atoms in total. The third kappa shape index (κ3) is 4.14. The van der Waals surface area contributed by atoms with Crippen LogP contribution in [0.15, 0.2) is 0 Å². The maximum absolute atomic E-state index is 11.7. The molecular formula is C6H6F6O. The standard InChI is InChI=1S/C6H6F6O/c1-3(13)2-4(5(7,8)9)6(10,11)12/h4H,2H2,1H3. The third-order valence-corrected chi connectivity index (χ3v) is 1.28. The van der Waals surface area contributed by atoms with Crippen LogP contribution in [0.3, 0.4) is 0 Å². The monoisotopic (exact) mass is 208 g/mol. The summed E-state index contributed by atoms with van der Waals surface area (Å²) in [6, 6.07) is 0. The minimum atomic E-state index is -5.41. The van der Waals surface area contributed by atoms with Gasteiger partial charge in [-0.05, 0) is 6.92 Å². The van der Waals surface area contributed by atoms with E-state index in [1.165, 1.54) is 0 Å². The maximum atomic E-state index is 11.7. The molecule has 0 rings (SSSR count). The van der Waals surface area contributed by atoms with Crippen molar-refractivity contribution in [3.8, 4) is 0 Å².